The standard InChI is InChI=1S/C11H20N4/c1-14(11-4-3-6-12-8-11)9-10-5-7-15(2)13-10/h5,7,11-12H,3-4,6,8-9H2,1-2H3. The third-order valence-electron chi connectivity index (χ3n) is 3.07. The minimum atomic E-state index is 0.667. The average Bonchev–Trinajstić information content (AvgIpc) is 2.65. The van der Waals surface area contributed by atoms with Crippen LogP contribution in [0.4, 0.5) is 0 Å². The molecule has 0 spiro atoms. The second-order valence-electron chi connectivity index (χ2n) is 4.40. The number of aromatic nitrogens is 2. The maximum Gasteiger partial charge on any atom is 0.0764 e. The zero-order valence-corrected chi connectivity index (χ0v) is 9.61. The van der Waals surface area contributed by atoms with E-state index in [9.17, 15) is 0 Å². The molecule has 1 aromatic heterocycles. The van der Waals surface area contributed by atoms with Gasteiger partial charge in [0.2, 0.25) is 0 Å². The fourth-order valence-electron chi connectivity index (χ4n) is 2.14. The van der Waals surface area contributed by atoms with Crippen LogP contribution in [-0.2, 0) is 13.6 Å². The van der Waals surface area contributed by atoms with E-state index in [1.807, 2.05) is 17.9 Å². The Morgan fingerprint density at radius 3 is 3.13 bits per heavy atom. The van der Waals surface area contributed by atoms with E-state index in [0.29, 0.717) is 6.04 Å². The van der Waals surface area contributed by atoms with Gasteiger partial charge in [-0.25, -0.2) is 0 Å². The summed E-state index contributed by atoms with van der Waals surface area (Å²) in [5.74, 6) is 0. The molecule has 0 bridgehead atoms. The average molecular weight is 208 g/mol. The second kappa shape index (κ2) is 4.77. The summed E-state index contributed by atoms with van der Waals surface area (Å²) in [6.45, 7) is 3.24. The first-order valence-corrected chi connectivity index (χ1v) is 5.65. The lowest BCUT2D eigenvalue weighted by atomic mass is 10.1. The smallest absolute Gasteiger partial charge is 0.0764 e. The Balaban J connectivity index is 1.88. The molecule has 4 heteroatoms. The quantitative estimate of drug-likeness (QED) is 0.790. The van der Waals surface area contributed by atoms with E-state index in [2.05, 4.69) is 28.4 Å². The number of hydrogen-bond acceptors (Lipinski definition) is 3. The van der Waals surface area contributed by atoms with Crippen molar-refractivity contribution in [2.75, 3.05) is 20.1 Å². The van der Waals surface area contributed by atoms with Crippen LogP contribution in [0.1, 0.15) is 18.5 Å². The molecule has 1 aliphatic rings. The highest BCUT2D eigenvalue weighted by Crippen LogP contribution is 2.11. The topological polar surface area (TPSA) is 33.1 Å². The highest BCUT2D eigenvalue weighted by Gasteiger charge is 2.17. The van der Waals surface area contributed by atoms with Gasteiger partial charge >= 0.3 is 0 Å². The van der Waals surface area contributed by atoms with E-state index in [1.54, 1.807) is 0 Å². The van der Waals surface area contributed by atoms with Crippen molar-refractivity contribution in [1.29, 1.82) is 0 Å². The van der Waals surface area contributed by atoms with Gasteiger partial charge in [-0.1, -0.05) is 0 Å². The minimum absolute atomic E-state index is 0.667. The van der Waals surface area contributed by atoms with E-state index in [0.717, 1.165) is 18.8 Å². The Bertz CT molecular complexity index is 301. The molecule has 0 aliphatic carbocycles. The van der Waals surface area contributed by atoms with Crippen LogP contribution in [0.5, 0.6) is 0 Å². The number of piperidine rings is 1. The van der Waals surface area contributed by atoms with E-state index in [-0.39, 0.29) is 0 Å². The van der Waals surface area contributed by atoms with Crippen LogP contribution >= 0.6 is 0 Å². The molecular weight excluding hydrogens is 188 g/mol. The first-order valence-electron chi connectivity index (χ1n) is 5.65. The van der Waals surface area contributed by atoms with Gasteiger partial charge in [0.05, 0.1) is 5.69 Å². The van der Waals surface area contributed by atoms with Crippen LogP contribution in [0.15, 0.2) is 12.3 Å². The molecule has 1 fully saturated rings. The summed E-state index contributed by atoms with van der Waals surface area (Å²) in [6, 6.07) is 2.76. The van der Waals surface area contributed by atoms with Gasteiger partial charge in [-0.3, -0.25) is 9.58 Å². The Hall–Kier alpha value is -0.870. The summed E-state index contributed by atoms with van der Waals surface area (Å²) in [4.78, 5) is 2.40. The Morgan fingerprint density at radius 1 is 1.67 bits per heavy atom. The Labute approximate surface area is 91.3 Å². The van der Waals surface area contributed by atoms with Gasteiger partial charge in [0, 0.05) is 32.4 Å². The summed E-state index contributed by atoms with van der Waals surface area (Å²) in [5, 5.41) is 7.84. The van der Waals surface area contributed by atoms with Gasteiger partial charge in [-0.2, -0.15) is 5.10 Å². The molecule has 1 saturated heterocycles. The SMILES string of the molecule is CN(Cc1ccn(C)n1)C1CCCNC1. The molecule has 0 amide bonds. The van der Waals surface area contributed by atoms with Crippen LogP contribution in [0.25, 0.3) is 0 Å². The highest BCUT2D eigenvalue weighted by molar-refractivity contribution is 4.98. The number of likely N-dealkylation sites (N-methyl/N-ethyl adjacent to an activating group) is 1. The summed E-state index contributed by atoms with van der Waals surface area (Å²) in [6.07, 6.45) is 4.59. The van der Waals surface area contributed by atoms with E-state index >= 15 is 0 Å². The third-order valence-corrected chi connectivity index (χ3v) is 3.07. The lowest BCUT2D eigenvalue weighted by molar-refractivity contribution is 0.193. The summed E-state index contributed by atoms with van der Waals surface area (Å²) in [5.41, 5.74) is 1.16. The van der Waals surface area contributed by atoms with Crippen molar-refractivity contribution in [2.45, 2.75) is 25.4 Å². The predicted molar refractivity (Wildman–Crippen MR) is 60.6 cm³/mol. The molecule has 1 atom stereocenters. The molecule has 0 radical (unpaired) electrons. The van der Waals surface area contributed by atoms with E-state index in [1.165, 1.54) is 19.4 Å². The Kier molecular flexibility index (Phi) is 3.38. The van der Waals surface area contributed by atoms with Crippen LogP contribution in [-0.4, -0.2) is 40.9 Å². The normalized spacial score (nSPS) is 22.2. The van der Waals surface area contributed by atoms with Crippen molar-refractivity contribution >= 4 is 0 Å². The largest absolute Gasteiger partial charge is 0.315 e. The number of aryl methyl sites for hydroxylation is 1. The Morgan fingerprint density at radius 2 is 2.53 bits per heavy atom. The van der Waals surface area contributed by atoms with Gasteiger partial charge in [0.1, 0.15) is 0 Å². The van der Waals surface area contributed by atoms with E-state index < -0.39 is 0 Å². The van der Waals surface area contributed by atoms with Gasteiger partial charge in [0.15, 0.2) is 0 Å². The molecule has 4 nitrogen and oxygen atoms in total. The molecule has 84 valence electrons. The highest BCUT2D eigenvalue weighted by atomic mass is 15.3. The first-order chi connectivity index (χ1) is 7.25. The van der Waals surface area contributed by atoms with Crippen molar-refractivity contribution in [3.63, 3.8) is 0 Å². The molecule has 0 aromatic carbocycles. The molecule has 1 N–H and O–H groups in total. The van der Waals surface area contributed by atoms with Crippen LogP contribution in [0.2, 0.25) is 0 Å². The fourth-order valence-corrected chi connectivity index (χ4v) is 2.14. The fraction of sp³-hybridized carbons (Fsp3) is 0.727. The van der Waals surface area contributed by atoms with Crippen molar-refractivity contribution < 1.29 is 0 Å². The van der Waals surface area contributed by atoms with Crippen molar-refractivity contribution in [1.82, 2.24) is 20.0 Å². The first kappa shape index (κ1) is 10.6. The van der Waals surface area contributed by atoms with Gasteiger partial charge in [0.25, 0.3) is 0 Å². The zero-order valence-electron chi connectivity index (χ0n) is 9.61. The molecule has 0 saturated carbocycles. The summed E-state index contributed by atoms with van der Waals surface area (Å²) in [7, 11) is 4.15. The number of hydrogen-bond donors (Lipinski definition) is 1. The minimum Gasteiger partial charge on any atom is -0.315 e. The maximum absolute atomic E-state index is 4.40. The van der Waals surface area contributed by atoms with Gasteiger partial charge < -0.3 is 5.32 Å². The number of nitrogens with one attached hydrogen (secondary N) is 1. The monoisotopic (exact) mass is 208 g/mol. The molecule has 1 aliphatic heterocycles. The van der Waals surface area contributed by atoms with Gasteiger partial charge in [-0.15, -0.1) is 0 Å². The van der Waals surface area contributed by atoms with E-state index in [4.69, 9.17) is 0 Å². The lowest BCUT2D eigenvalue weighted by Gasteiger charge is -2.31. The zero-order chi connectivity index (χ0) is 10.7. The van der Waals surface area contributed by atoms with Crippen molar-refractivity contribution in [3.8, 4) is 0 Å². The molecule has 15 heavy (non-hydrogen) atoms. The molecular formula is C11H20N4. The van der Waals surface area contributed by atoms with Crippen LogP contribution in [0.3, 0.4) is 0 Å². The van der Waals surface area contributed by atoms with Gasteiger partial charge in [-0.05, 0) is 32.5 Å². The second-order valence-corrected chi connectivity index (χ2v) is 4.40. The third kappa shape index (κ3) is 2.79. The molecule has 2 rings (SSSR count). The molecule has 1 unspecified atom stereocenters. The number of nitrogens with zero attached hydrogens (tertiary/aromatic N) is 3. The predicted octanol–water partition coefficient (Wildman–Crippen LogP) is 0.604. The molecule has 2 heterocycles. The van der Waals surface area contributed by atoms with Crippen LogP contribution in [0, 0.1) is 0 Å². The summed E-state index contributed by atoms with van der Waals surface area (Å²) >= 11 is 0. The summed E-state index contributed by atoms with van der Waals surface area (Å²) < 4.78 is 1.86. The number of rotatable bonds is 3. The molecule has 1 aromatic rings. The maximum atomic E-state index is 4.40. The lowest BCUT2D eigenvalue weighted by Crippen LogP contribution is -2.43. The van der Waals surface area contributed by atoms with Crippen LogP contribution < -0.4 is 5.32 Å². The van der Waals surface area contributed by atoms with Crippen molar-refractivity contribution in [3.05, 3.63) is 18.0 Å². The van der Waals surface area contributed by atoms with Crippen molar-refractivity contribution in [2.24, 2.45) is 7.05 Å².